The quantitative estimate of drug-likeness (QED) is 0.113. The van der Waals surface area contributed by atoms with Crippen LogP contribution in [0.4, 0.5) is 0 Å². The molecule has 3 aromatic rings. The molecule has 2 aliphatic heterocycles. The van der Waals surface area contributed by atoms with Gasteiger partial charge in [-0.2, -0.15) is 0 Å². The van der Waals surface area contributed by atoms with Crippen molar-refractivity contribution < 1.29 is 59.5 Å². The summed E-state index contributed by atoms with van der Waals surface area (Å²) in [6, 6.07) is 13.4. The van der Waals surface area contributed by atoms with Gasteiger partial charge in [0.25, 0.3) is 0 Å². The second-order valence-corrected chi connectivity index (χ2v) is 14.1. The Morgan fingerprint density at radius 1 is 1.10 bits per heavy atom. The van der Waals surface area contributed by atoms with E-state index in [0.29, 0.717) is 38.0 Å². The van der Waals surface area contributed by atoms with Crippen LogP contribution < -0.4 is 4.74 Å². The molecule has 0 spiro atoms. The number of hydrogen-bond acceptors (Lipinski definition) is 11. The highest BCUT2D eigenvalue weighted by atomic mass is 16.7. The number of rotatable bonds is 15. The van der Waals surface area contributed by atoms with E-state index in [9.17, 15) is 45.3 Å². The van der Waals surface area contributed by atoms with Gasteiger partial charge in [-0.25, -0.2) is 4.79 Å². The third-order valence-electron chi connectivity index (χ3n) is 10.8. The lowest BCUT2D eigenvalue weighted by Gasteiger charge is -2.48. The van der Waals surface area contributed by atoms with Crippen molar-refractivity contribution in [2.75, 3.05) is 26.4 Å². The molecule has 0 aliphatic carbocycles. The third kappa shape index (κ3) is 8.38. The highest BCUT2D eigenvalue weighted by molar-refractivity contribution is 6.09. The predicted octanol–water partition coefficient (Wildman–Crippen LogP) is 3.76. The second kappa shape index (κ2) is 16.8. The number of Topliss-reactive ketones (excluding diaryl/α,β-unsaturated/α-hetero) is 1. The fourth-order valence-corrected chi connectivity index (χ4v) is 7.83. The lowest BCUT2D eigenvalue weighted by molar-refractivity contribution is -0.315. The van der Waals surface area contributed by atoms with Crippen LogP contribution in [-0.2, 0) is 15.9 Å². The molecule has 8 unspecified atom stereocenters. The first-order valence-corrected chi connectivity index (χ1v) is 17.7. The third-order valence-corrected chi connectivity index (χ3v) is 10.8. The molecule has 2 fully saturated rings. The molecule has 12 heteroatoms. The molecule has 2 saturated heterocycles. The number of carbonyl (C=O) groups excluding carboxylic acids is 1. The summed E-state index contributed by atoms with van der Waals surface area (Å²) in [4.78, 5) is 25.5. The number of aryl methyl sites for hydroxylation is 2. The molecule has 3 aromatic carbocycles. The number of aliphatic hydroxyl groups excluding tert-OH is 4. The monoisotopic (exact) mass is 710 g/mol. The molecule has 0 amide bonds. The molecule has 8 atom stereocenters. The number of phenols is 1. The fourth-order valence-electron chi connectivity index (χ4n) is 7.83. The van der Waals surface area contributed by atoms with Crippen LogP contribution in [-0.4, -0.2) is 104 Å². The minimum Gasteiger partial charge on any atom is -0.506 e. The Hall–Kier alpha value is -3.62. The Labute approximate surface area is 297 Å². The standard InChI is InChI=1S/C39H50O12/c1-22(28-13-16-49-21-25(28)9-6-15-40)12-14-39(48)31(20-41)51-38(35(44)36(39)45)50-30-19-27(37(46)47)18-26-17-23(2)32(34(43)33(26)30)29(42)11-10-24-7-4-3-5-8-24/h3-5,7-8,17-19,22,25,28,31,35-36,38,40-41,43-45,48H,6,9-16,20-21H2,1-2H3,(H,46,47). The van der Waals surface area contributed by atoms with Gasteiger partial charge in [-0.15, -0.1) is 0 Å². The van der Waals surface area contributed by atoms with E-state index in [1.54, 1.807) is 13.0 Å². The summed E-state index contributed by atoms with van der Waals surface area (Å²) in [7, 11) is 0. The number of carbonyl (C=O) groups is 2. The molecular formula is C39H50O12. The van der Waals surface area contributed by atoms with Gasteiger partial charge in [0.1, 0.15) is 35.4 Å². The molecule has 2 heterocycles. The fraction of sp³-hybridized carbons (Fsp3) is 0.538. The number of aromatic hydroxyl groups is 1. The molecule has 51 heavy (non-hydrogen) atoms. The zero-order valence-corrected chi connectivity index (χ0v) is 29.1. The Bertz CT molecular complexity index is 1660. The van der Waals surface area contributed by atoms with E-state index in [1.807, 2.05) is 37.3 Å². The predicted molar refractivity (Wildman–Crippen MR) is 187 cm³/mol. The van der Waals surface area contributed by atoms with Crippen molar-refractivity contribution in [1.82, 2.24) is 0 Å². The summed E-state index contributed by atoms with van der Waals surface area (Å²) in [6.45, 7) is 4.23. The minimum absolute atomic E-state index is 0.00127. The molecule has 2 aliphatic rings. The summed E-state index contributed by atoms with van der Waals surface area (Å²) in [5.41, 5.74) is -0.858. The van der Waals surface area contributed by atoms with Gasteiger partial charge in [-0.05, 0) is 91.8 Å². The number of ketones is 1. The van der Waals surface area contributed by atoms with Gasteiger partial charge in [0.05, 0.1) is 23.1 Å². The molecule has 0 aromatic heterocycles. The van der Waals surface area contributed by atoms with E-state index in [0.717, 1.165) is 24.5 Å². The summed E-state index contributed by atoms with van der Waals surface area (Å²) in [6.07, 6.45) is -3.56. The first kappa shape index (κ1) is 38.6. The summed E-state index contributed by atoms with van der Waals surface area (Å²) in [5, 5.41) is 75.7. The van der Waals surface area contributed by atoms with Crippen molar-refractivity contribution >= 4 is 22.5 Å². The summed E-state index contributed by atoms with van der Waals surface area (Å²) < 4.78 is 17.6. The number of phenolic OH excluding ortho intramolecular Hbond substituents is 1. The minimum atomic E-state index is -2.06. The Morgan fingerprint density at radius 2 is 1.84 bits per heavy atom. The number of ether oxygens (including phenoxy) is 3. The van der Waals surface area contributed by atoms with Gasteiger partial charge < -0.3 is 50.0 Å². The zero-order chi connectivity index (χ0) is 36.9. The Morgan fingerprint density at radius 3 is 2.53 bits per heavy atom. The number of aliphatic hydroxyl groups is 5. The average Bonchev–Trinajstić information content (AvgIpc) is 3.12. The van der Waals surface area contributed by atoms with Crippen LogP contribution in [0, 0.1) is 24.7 Å². The van der Waals surface area contributed by atoms with Crippen LogP contribution in [0.5, 0.6) is 11.5 Å². The van der Waals surface area contributed by atoms with E-state index < -0.39 is 48.5 Å². The zero-order valence-electron chi connectivity index (χ0n) is 29.1. The van der Waals surface area contributed by atoms with Crippen molar-refractivity contribution in [2.45, 2.75) is 89.0 Å². The van der Waals surface area contributed by atoms with Crippen LogP contribution in [0.1, 0.15) is 77.3 Å². The van der Waals surface area contributed by atoms with Crippen molar-refractivity contribution in [3.05, 3.63) is 70.8 Å². The molecule has 12 nitrogen and oxygen atoms in total. The van der Waals surface area contributed by atoms with Gasteiger partial charge in [-0.3, -0.25) is 4.79 Å². The van der Waals surface area contributed by atoms with Crippen LogP contribution >= 0.6 is 0 Å². The Kier molecular flexibility index (Phi) is 12.7. The highest BCUT2D eigenvalue weighted by Crippen LogP contribution is 2.43. The average molecular weight is 711 g/mol. The van der Waals surface area contributed by atoms with E-state index in [-0.39, 0.29) is 70.6 Å². The van der Waals surface area contributed by atoms with Crippen LogP contribution in [0.3, 0.4) is 0 Å². The number of fused-ring (bicyclic) bond motifs is 1. The number of benzene rings is 3. The maximum atomic E-state index is 13.4. The van der Waals surface area contributed by atoms with Crippen LogP contribution in [0.25, 0.3) is 10.8 Å². The van der Waals surface area contributed by atoms with Crippen molar-refractivity contribution in [3.8, 4) is 11.5 Å². The van der Waals surface area contributed by atoms with E-state index in [4.69, 9.17) is 14.2 Å². The van der Waals surface area contributed by atoms with Crippen molar-refractivity contribution in [1.29, 1.82) is 0 Å². The number of aromatic carboxylic acids is 1. The molecule has 278 valence electrons. The molecule has 7 N–H and O–H groups in total. The second-order valence-electron chi connectivity index (χ2n) is 14.1. The van der Waals surface area contributed by atoms with Gasteiger partial charge in [0, 0.05) is 26.2 Å². The molecule has 5 rings (SSSR count). The summed E-state index contributed by atoms with van der Waals surface area (Å²) in [5.74, 6) is -1.74. The van der Waals surface area contributed by atoms with Crippen LogP contribution in [0.2, 0.25) is 0 Å². The Balaban J connectivity index is 1.39. The van der Waals surface area contributed by atoms with Gasteiger partial charge >= 0.3 is 5.97 Å². The lowest BCUT2D eigenvalue weighted by atomic mass is 9.72. The van der Waals surface area contributed by atoms with E-state index in [1.165, 1.54) is 6.07 Å². The molecule has 0 bridgehead atoms. The van der Waals surface area contributed by atoms with Gasteiger partial charge in [-0.1, -0.05) is 43.3 Å². The molecular weight excluding hydrogens is 660 g/mol. The topological polar surface area (TPSA) is 203 Å². The molecule has 0 radical (unpaired) electrons. The highest BCUT2D eigenvalue weighted by Gasteiger charge is 2.55. The van der Waals surface area contributed by atoms with Gasteiger partial charge in [0.2, 0.25) is 6.29 Å². The van der Waals surface area contributed by atoms with Gasteiger partial charge in [0.15, 0.2) is 5.78 Å². The summed E-state index contributed by atoms with van der Waals surface area (Å²) >= 11 is 0. The maximum Gasteiger partial charge on any atom is 0.335 e. The van der Waals surface area contributed by atoms with Crippen LogP contribution in [0.15, 0.2) is 48.5 Å². The molecule has 0 saturated carbocycles. The lowest BCUT2D eigenvalue weighted by Crippen LogP contribution is -2.67. The maximum absolute atomic E-state index is 13.4. The number of carboxylic acids is 1. The first-order valence-electron chi connectivity index (χ1n) is 17.7. The smallest absolute Gasteiger partial charge is 0.335 e. The first-order chi connectivity index (χ1) is 24.4. The largest absolute Gasteiger partial charge is 0.506 e. The van der Waals surface area contributed by atoms with E-state index in [2.05, 4.69) is 0 Å². The van der Waals surface area contributed by atoms with Crippen molar-refractivity contribution in [3.63, 3.8) is 0 Å². The van der Waals surface area contributed by atoms with E-state index >= 15 is 0 Å². The normalized spacial score (nSPS) is 27.3. The number of carboxylic acid groups (broad SMARTS) is 1. The number of hydrogen-bond donors (Lipinski definition) is 7. The van der Waals surface area contributed by atoms with Crippen molar-refractivity contribution in [2.24, 2.45) is 17.8 Å². The SMILES string of the molecule is Cc1cc2cc(C(=O)O)cc(OC3OC(CO)C(O)(CCC(C)C4CCOCC4CCCO)C(O)C3O)c2c(O)c1C(=O)CCc1ccccc1.